The molecule has 55 heavy (non-hydrogen) atoms. The van der Waals surface area contributed by atoms with E-state index in [2.05, 4.69) is 20.8 Å². The van der Waals surface area contributed by atoms with Crippen LogP contribution in [0.4, 0.5) is 18.4 Å². The molecule has 0 radical (unpaired) electrons. The summed E-state index contributed by atoms with van der Waals surface area (Å²) in [6.45, 7) is 1.90. The number of carbonyl (C=O) groups is 4. The number of fused-ring (bicyclic) bond motifs is 4. The van der Waals surface area contributed by atoms with Gasteiger partial charge in [-0.05, 0) is 67.7 Å². The summed E-state index contributed by atoms with van der Waals surface area (Å²) in [5, 5.41) is 17.1. The van der Waals surface area contributed by atoms with Crippen LogP contribution >= 0.6 is 0 Å². The van der Waals surface area contributed by atoms with Crippen molar-refractivity contribution in [3.63, 3.8) is 0 Å². The molecule has 4 heterocycles. The van der Waals surface area contributed by atoms with Crippen molar-refractivity contribution < 1.29 is 28.0 Å². The molecule has 4 unspecified atom stereocenters. The van der Waals surface area contributed by atoms with E-state index in [0.29, 0.717) is 79.0 Å². The molecule has 1 aromatic heterocycles. The molecule has 290 valence electrons. The molecule has 8 rings (SSSR count). The summed E-state index contributed by atoms with van der Waals surface area (Å²) >= 11 is 0. The van der Waals surface area contributed by atoms with E-state index >= 15 is 4.39 Å². The minimum absolute atomic E-state index is 0.101. The van der Waals surface area contributed by atoms with Crippen LogP contribution in [-0.2, 0) is 24.3 Å². The molecule has 3 aliphatic heterocycles. The van der Waals surface area contributed by atoms with Crippen LogP contribution in [0.2, 0.25) is 0 Å². The normalized spacial score (nSPS) is 25.6. The van der Waals surface area contributed by atoms with E-state index in [4.69, 9.17) is 11.5 Å². The Bertz CT molecular complexity index is 2070. The minimum Gasteiger partial charge on any atom is -0.369 e. The van der Waals surface area contributed by atoms with Gasteiger partial charge in [-0.1, -0.05) is 37.1 Å². The molecule has 6 amide bonds. The first kappa shape index (κ1) is 36.4. The summed E-state index contributed by atoms with van der Waals surface area (Å²) < 4.78 is 31.8. The predicted molar refractivity (Wildman–Crippen MR) is 198 cm³/mol. The molecule has 5 aliphatic rings. The summed E-state index contributed by atoms with van der Waals surface area (Å²) in [6.07, 6.45) is 5.80. The molecule has 14 nitrogen and oxygen atoms in total. The van der Waals surface area contributed by atoms with E-state index in [9.17, 15) is 23.6 Å². The molecule has 4 atom stereocenters. The maximum Gasteiger partial charge on any atom is 0.318 e. The van der Waals surface area contributed by atoms with E-state index in [1.165, 1.54) is 18.2 Å². The number of hydrogen-bond acceptors (Lipinski definition) is 7. The number of urea groups is 2. The van der Waals surface area contributed by atoms with Gasteiger partial charge in [0.05, 0.1) is 42.6 Å². The number of primary amides is 2. The second-order valence-electron chi connectivity index (χ2n) is 15.8. The highest BCUT2D eigenvalue weighted by molar-refractivity contribution is 6.14. The highest BCUT2D eigenvalue weighted by Crippen LogP contribution is 2.48. The number of amides is 6. The number of benzene rings is 2. The van der Waals surface area contributed by atoms with Crippen molar-refractivity contribution in [2.24, 2.45) is 34.3 Å². The smallest absolute Gasteiger partial charge is 0.318 e. The molecule has 3 aromatic rings. The third kappa shape index (κ3) is 6.86. The lowest BCUT2D eigenvalue weighted by Gasteiger charge is -2.43. The molecule has 2 bridgehead atoms. The SMILES string of the molecule is CNC(=O)N1CCN2N=C(c3ccc(CCC4(NC(=O)N5CCn6nc(-c7cccc(F)c7)c(C(N)=O)c6C5)CC5CCC(C5)C4)c(F)c3)C(C(N)=O)C2C1. The van der Waals surface area contributed by atoms with Crippen LogP contribution in [-0.4, -0.2) is 99.0 Å². The van der Waals surface area contributed by atoms with Gasteiger partial charge in [0, 0.05) is 43.3 Å². The Hall–Kier alpha value is -5.54. The van der Waals surface area contributed by atoms with Crippen molar-refractivity contribution in [1.29, 1.82) is 0 Å². The number of nitrogens with zero attached hydrogens (tertiary/aromatic N) is 6. The molecule has 16 heteroatoms. The van der Waals surface area contributed by atoms with Crippen LogP contribution in [0.3, 0.4) is 0 Å². The van der Waals surface area contributed by atoms with E-state index in [1.54, 1.807) is 50.8 Å². The number of nitrogens with two attached hydrogens (primary N) is 2. The molecule has 1 saturated heterocycles. The van der Waals surface area contributed by atoms with Gasteiger partial charge in [-0.2, -0.15) is 10.2 Å². The topological polar surface area (TPSA) is 184 Å². The average Bonchev–Trinajstić information content (AvgIpc) is 3.86. The molecule has 2 aromatic carbocycles. The number of hydrogen-bond donors (Lipinski definition) is 4. The Morgan fingerprint density at radius 3 is 2.38 bits per heavy atom. The molecular formula is C39H46F2N10O4. The lowest BCUT2D eigenvalue weighted by molar-refractivity contribution is -0.121. The van der Waals surface area contributed by atoms with Gasteiger partial charge in [-0.25, -0.2) is 18.4 Å². The van der Waals surface area contributed by atoms with Crippen molar-refractivity contribution in [3.05, 3.63) is 76.5 Å². The summed E-state index contributed by atoms with van der Waals surface area (Å²) in [5.74, 6) is -2.07. The summed E-state index contributed by atoms with van der Waals surface area (Å²) in [4.78, 5) is 55.1. The van der Waals surface area contributed by atoms with Crippen molar-refractivity contribution in [2.75, 3.05) is 33.2 Å². The fourth-order valence-corrected chi connectivity index (χ4v) is 9.77. The van der Waals surface area contributed by atoms with E-state index < -0.39 is 40.9 Å². The highest BCUT2D eigenvalue weighted by Gasteiger charge is 2.47. The van der Waals surface area contributed by atoms with Gasteiger partial charge in [-0.3, -0.25) is 19.3 Å². The molecule has 0 spiro atoms. The second-order valence-corrected chi connectivity index (χ2v) is 15.8. The summed E-state index contributed by atoms with van der Waals surface area (Å²) in [5.41, 5.74) is 13.8. The number of rotatable bonds is 8. The number of piperazine rings is 1. The molecular weight excluding hydrogens is 710 g/mol. The zero-order valence-electron chi connectivity index (χ0n) is 30.8. The number of halogens is 2. The van der Waals surface area contributed by atoms with Gasteiger partial charge >= 0.3 is 12.1 Å². The Labute approximate surface area is 317 Å². The van der Waals surface area contributed by atoms with E-state index in [0.717, 1.165) is 32.1 Å². The monoisotopic (exact) mass is 756 g/mol. The van der Waals surface area contributed by atoms with Gasteiger partial charge in [0.1, 0.15) is 23.2 Å². The lowest BCUT2D eigenvalue weighted by atomic mass is 9.72. The van der Waals surface area contributed by atoms with E-state index in [1.807, 2.05) is 0 Å². The molecule has 2 saturated carbocycles. The Morgan fingerprint density at radius 1 is 0.927 bits per heavy atom. The quantitative estimate of drug-likeness (QED) is 0.274. The van der Waals surface area contributed by atoms with Gasteiger partial charge in [0.25, 0.3) is 5.91 Å². The fraction of sp³-hybridized carbons (Fsp3) is 0.487. The van der Waals surface area contributed by atoms with Crippen LogP contribution in [0.25, 0.3) is 11.3 Å². The van der Waals surface area contributed by atoms with Crippen LogP contribution in [0, 0.1) is 29.4 Å². The average molecular weight is 757 g/mol. The number of aromatic nitrogens is 2. The first-order chi connectivity index (χ1) is 26.4. The van der Waals surface area contributed by atoms with Crippen molar-refractivity contribution >= 4 is 29.6 Å². The zero-order valence-corrected chi connectivity index (χ0v) is 30.8. The fourth-order valence-electron chi connectivity index (χ4n) is 9.77. The van der Waals surface area contributed by atoms with E-state index in [-0.39, 0.29) is 36.4 Å². The van der Waals surface area contributed by atoms with Crippen LogP contribution in [0.5, 0.6) is 0 Å². The number of nitrogens with one attached hydrogen (secondary N) is 2. The first-order valence-electron chi connectivity index (χ1n) is 19.0. The maximum absolute atomic E-state index is 16.0. The highest BCUT2D eigenvalue weighted by atomic mass is 19.1. The molecule has 6 N–H and O–H groups in total. The van der Waals surface area contributed by atoms with Crippen LogP contribution in [0.15, 0.2) is 47.6 Å². The summed E-state index contributed by atoms with van der Waals surface area (Å²) in [6, 6.07) is 9.76. The van der Waals surface area contributed by atoms with Crippen molar-refractivity contribution in [3.8, 4) is 11.3 Å². The maximum atomic E-state index is 16.0. The first-order valence-corrected chi connectivity index (χ1v) is 19.0. The number of carbonyl (C=O) groups excluding carboxylic acids is 4. The molecule has 3 fully saturated rings. The number of hydrazone groups is 1. The standard InChI is InChI=1S/C39H46F2N10O4/c1-44-37(54)48-11-13-50-29(20-48)32(36(43)53)34(47-50)26-8-7-24(28(41)17-26)9-10-39(18-22-5-6-23(15-22)19-39)45-38(55)49-12-14-51-30(21-49)31(35(42)52)33(46-51)25-3-2-4-27(40)16-25/h2-4,7-8,16-17,22-23,29,32H,5-6,9-15,18-21H2,1H3,(H2,42,52)(H2,43,53)(H,44,54)(H,45,55). The van der Waals surface area contributed by atoms with Gasteiger partial charge in [-0.15, -0.1) is 0 Å². The Balaban J connectivity index is 0.991. The van der Waals surface area contributed by atoms with Crippen molar-refractivity contribution in [2.45, 2.75) is 69.6 Å². The van der Waals surface area contributed by atoms with Crippen LogP contribution < -0.4 is 22.1 Å². The van der Waals surface area contributed by atoms with Crippen LogP contribution in [0.1, 0.15) is 65.7 Å². The third-order valence-electron chi connectivity index (χ3n) is 12.3. The summed E-state index contributed by atoms with van der Waals surface area (Å²) in [7, 11) is 1.55. The molecule has 2 aliphatic carbocycles. The van der Waals surface area contributed by atoms with Crippen molar-refractivity contribution in [1.82, 2.24) is 35.2 Å². The van der Waals surface area contributed by atoms with Gasteiger partial charge in [0.15, 0.2) is 0 Å². The minimum atomic E-state index is -0.811. The predicted octanol–water partition coefficient (Wildman–Crippen LogP) is 3.18. The zero-order chi connectivity index (χ0) is 38.6. The Kier molecular flexibility index (Phi) is 9.45. The number of aryl methyl sites for hydroxylation is 1. The second kappa shape index (κ2) is 14.3. The van der Waals surface area contributed by atoms with Gasteiger partial charge < -0.3 is 31.9 Å². The van der Waals surface area contributed by atoms with Gasteiger partial charge in [0.2, 0.25) is 5.91 Å². The largest absolute Gasteiger partial charge is 0.369 e. The Morgan fingerprint density at radius 2 is 1.69 bits per heavy atom. The lowest BCUT2D eigenvalue weighted by Crippen LogP contribution is -2.57. The third-order valence-corrected chi connectivity index (χ3v) is 12.3.